The summed E-state index contributed by atoms with van der Waals surface area (Å²) in [6.45, 7) is 11.7. The second-order valence-electron chi connectivity index (χ2n) is 9.53. The second kappa shape index (κ2) is 12.5. The van der Waals surface area contributed by atoms with Gasteiger partial charge in [0, 0.05) is 17.2 Å². The third-order valence-corrected chi connectivity index (χ3v) is 6.42. The molecule has 0 amide bonds. The fourth-order valence-electron chi connectivity index (χ4n) is 4.47. The first-order valence-electron chi connectivity index (χ1n) is 13.1. The quantitative estimate of drug-likeness (QED) is 0.0926. The summed E-state index contributed by atoms with van der Waals surface area (Å²) in [5, 5.41) is 16.8. The van der Waals surface area contributed by atoms with Gasteiger partial charge >= 0.3 is 5.69 Å². The molecule has 3 aromatic carbocycles. The number of rotatable bonds is 11. The van der Waals surface area contributed by atoms with Crippen LogP contribution in [0, 0.1) is 17.0 Å². The Morgan fingerprint density at radius 1 is 1.15 bits per heavy atom. The summed E-state index contributed by atoms with van der Waals surface area (Å²) in [4.78, 5) is 29.9. The van der Waals surface area contributed by atoms with E-state index in [1.807, 2.05) is 25.1 Å². The average molecular weight is 557 g/mol. The highest BCUT2D eigenvalue weighted by Crippen LogP contribution is 2.38. The van der Waals surface area contributed by atoms with E-state index >= 15 is 0 Å². The van der Waals surface area contributed by atoms with E-state index in [0.717, 1.165) is 16.9 Å². The zero-order valence-electron chi connectivity index (χ0n) is 23.7. The van der Waals surface area contributed by atoms with Gasteiger partial charge in [0.25, 0.3) is 5.56 Å². The Kier molecular flexibility index (Phi) is 8.81. The lowest BCUT2D eigenvalue weighted by atomic mass is 9.96. The van der Waals surface area contributed by atoms with Crippen LogP contribution in [0.15, 0.2) is 71.1 Å². The molecule has 0 atom stereocenters. The number of ether oxygens (including phenoxy) is 3. The minimum atomic E-state index is -0.554. The molecule has 41 heavy (non-hydrogen) atoms. The number of benzene rings is 3. The molecule has 0 fully saturated rings. The highest BCUT2D eigenvalue weighted by molar-refractivity contribution is 5.84. The number of hydrogen-bond donors (Lipinski definition) is 0. The van der Waals surface area contributed by atoms with Crippen LogP contribution in [0.1, 0.15) is 43.4 Å². The first-order valence-corrected chi connectivity index (χ1v) is 13.1. The van der Waals surface area contributed by atoms with Gasteiger partial charge in [0.15, 0.2) is 11.6 Å². The molecular weight excluding hydrogens is 524 g/mol. The van der Waals surface area contributed by atoms with Crippen molar-refractivity contribution in [2.75, 3.05) is 20.3 Å². The van der Waals surface area contributed by atoms with Crippen LogP contribution in [0.25, 0.3) is 22.3 Å². The van der Waals surface area contributed by atoms with Gasteiger partial charge in [-0.2, -0.15) is 9.78 Å². The molecule has 0 saturated heterocycles. The Bertz CT molecular complexity index is 1710. The second-order valence-corrected chi connectivity index (χ2v) is 9.53. The standard InChI is InChI=1S/C31H32N4O6/c1-7-13-41-29-26(35(37)38)15-21(16-28(29)40-8-2)18-32-34-30(33-25-12-10-9-11-22(25)31(34)36)24-17-23(19(3)4)27(39-6)14-20(24)5/h7,9-12,14-19H,1,8,13H2,2-6H3. The summed E-state index contributed by atoms with van der Waals surface area (Å²) < 4.78 is 18.0. The maximum atomic E-state index is 13.7. The van der Waals surface area contributed by atoms with E-state index < -0.39 is 4.92 Å². The van der Waals surface area contributed by atoms with Gasteiger partial charge in [-0.15, -0.1) is 0 Å². The van der Waals surface area contributed by atoms with Gasteiger partial charge in [0.1, 0.15) is 12.4 Å². The molecular formula is C31H32N4O6. The van der Waals surface area contributed by atoms with Gasteiger partial charge in [-0.1, -0.05) is 38.6 Å². The summed E-state index contributed by atoms with van der Waals surface area (Å²) in [7, 11) is 1.62. The average Bonchev–Trinajstić information content (AvgIpc) is 2.95. The SMILES string of the molecule is C=CCOc1c(OCC)cc(C=Nn2c(-c3cc(C(C)C)c(OC)cc3C)nc3ccccc3c2=O)cc1[N+](=O)[O-]. The van der Waals surface area contributed by atoms with Crippen molar-refractivity contribution in [2.45, 2.75) is 33.6 Å². The normalized spacial score (nSPS) is 11.3. The Morgan fingerprint density at radius 2 is 1.90 bits per heavy atom. The van der Waals surface area contributed by atoms with E-state index in [-0.39, 0.29) is 41.9 Å². The fourth-order valence-corrected chi connectivity index (χ4v) is 4.47. The number of para-hydroxylation sites is 1. The maximum absolute atomic E-state index is 13.7. The number of nitrogens with zero attached hydrogens (tertiary/aromatic N) is 4. The number of methoxy groups -OCH3 is 1. The molecule has 0 N–H and O–H groups in total. The Balaban J connectivity index is 1.96. The van der Waals surface area contributed by atoms with Crippen molar-refractivity contribution >= 4 is 22.8 Å². The molecule has 0 aliphatic rings. The van der Waals surface area contributed by atoms with Crippen molar-refractivity contribution in [3.05, 3.63) is 98.3 Å². The number of nitro benzene ring substituents is 1. The molecule has 0 bridgehead atoms. The van der Waals surface area contributed by atoms with Crippen LogP contribution in [0.2, 0.25) is 0 Å². The smallest absolute Gasteiger partial charge is 0.315 e. The summed E-state index contributed by atoms with van der Waals surface area (Å²) in [6.07, 6.45) is 2.86. The Labute approximate surface area is 237 Å². The Hall–Kier alpha value is -4.99. The predicted octanol–water partition coefficient (Wildman–Crippen LogP) is 6.26. The largest absolute Gasteiger partial charge is 0.496 e. The third kappa shape index (κ3) is 5.96. The lowest BCUT2D eigenvalue weighted by Crippen LogP contribution is -2.21. The minimum Gasteiger partial charge on any atom is -0.496 e. The van der Waals surface area contributed by atoms with Crippen LogP contribution in [0.5, 0.6) is 17.2 Å². The molecule has 10 heteroatoms. The van der Waals surface area contributed by atoms with Crippen molar-refractivity contribution in [1.29, 1.82) is 0 Å². The van der Waals surface area contributed by atoms with Gasteiger partial charge in [-0.25, -0.2) is 4.98 Å². The predicted molar refractivity (Wildman–Crippen MR) is 160 cm³/mol. The zero-order chi connectivity index (χ0) is 29.7. The molecule has 1 heterocycles. The molecule has 0 aliphatic heterocycles. The maximum Gasteiger partial charge on any atom is 0.315 e. The van der Waals surface area contributed by atoms with Gasteiger partial charge in [0.05, 0.1) is 35.8 Å². The number of nitro groups is 1. The summed E-state index contributed by atoms with van der Waals surface area (Å²) in [5.74, 6) is 1.40. The number of aryl methyl sites for hydroxylation is 1. The van der Waals surface area contributed by atoms with Gasteiger partial charge in [-0.3, -0.25) is 14.9 Å². The third-order valence-electron chi connectivity index (χ3n) is 6.42. The molecule has 212 valence electrons. The van der Waals surface area contributed by atoms with Crippen molar-refractivity contribution in [2.24, 2.45) is 5.10 Å². The van der Waals surface area contributed by atoms with E-state index in [0.29, 0.717) is 27.9 Å². The van der Waals surface area contributed by atoms with Crippen LogP contribution in [-0.4, -0.2) is 41.1 Å². The van der Waals surface area contributed by atoms with Crippen LogP contribution >= 0.6 is 0 Å². The first kappa shape index (κ1) is 29.0. The summed E-state index contributed by atoms with van der Waals surface area (Å²) in [6, 6.07) is 13.8. The zero-order valence-corrected chi connectivity index (χ0v) is 23.7. The van der Waals surface area contributed by atoms with E-state index in [4.69, 9.17) is 19.2 Å². The van der Waals surface area contributed by atoms with Gasteiger partial charge < -0.3 is 14.2 Å². The summed E-state index contributed by atoms with van der Waals surface area (Å²) in [5.41, 5.74) is 2.70. The van der Waals surface area contributed by atoms with Crippen LogP contribution < -0.4 is 19.8 Å². The molecule has 0 radical (unpaired) electrons. The van der Waals surface area contributed by atoms with Crippen LogP contribution in [0.3, 0.4) is 0 Å². The lowest BCUT2D eigenvalue weighted by Gasteiger charge is -2.17. The van der Waals surface area contributed by atoms with Gasteiger partial charge in [-0.05, 0) is 61.2 Å². The Morgan fingerprint density at radius 3 is 2.56 bits per heavy atom. The molecule has 10 nitrogen and oxygen atoms in total. The van der Waals surface area contributed by atoms with Crippen LogP contribution in [-0.2, 0) is 0 Å². The van der Waals surface area contributed by atoms with E-state index in [2.05, 4.69) is 25.5 Å². The minimum absolute atomic E-state index is 0.00537. The molecule has 0 saturated carbocycles. The number of fused-ring (bicyclic) bond motifs is 1. The molecule has 0 unspecified atom stereocenters. The van der Waals surface area contributed by atoms with Crippen molar-refractivity contribution in [3.8, 4) is 28.6 Å². The first-order chi connectivity index (χ1) is 19.7. The molecule has 0 aliphatic carbocycles. The van der Waals surface area contributed by atoms with E-state index in [9.17, 15) is 14.9 Å². The van der Waals surface area contributed by atoms with E-state index in [1.54, 1.807) is 38.3 Å². The molecule has 4 aromatic rings. The monoisotopic (exact) mass is 556 g/mol. The fraction of sp³-hybridized carbons (Fsp3) is 0.258. The molecule has 1 aromatic heterocycles. The number of aromatic nitrogens is 2. The lowest BCUT2D eigenvalue weighted by molar-refractivity contribution is -0.385. The van der Waals surface area contributed by atoms with Crippen LogP contribution in [0.4, 0.5) is 5.69 Å². The van der Waals surface area contributed by atoms with Crippen molar-refractivity contribution in [1.82, 2.24) is 9.66 Å². The highest BCUT2D eigenvalue weighted by Gasteiger charge is 2.23. The molecule has 0 spiro atoms. The van der Waals surface area contributed by atoms with Crippen molar-refractivity contribution in [3.63, 3.8) is 0 Å². The number of hydrogen-bond acceptors (Lipinski definition) is 8. The highest BCUT2D eigenvalue weighted by atomic mass is 16.6. The topological polar surface area (TPSA) is 118 Å². The van der Waals surface area contributed by atoms with E-state index in [1.165, 1.54) is 23.0 Å². The summed E-state index contributed by atoms with van der Waals surface area (Å²) >= 11 is 0. The van der Waals surface area contributed by atoms with Crippen molar-refractivity contribution < 1.29 is 19.1 Å². The van der Waals surface area contributed by atoms with Gasteiger partial charge in [0.2, 0.25) is 5.75 Å². The molecule has 4 rings (SSSR count).